The van der Waals surface area contributed by atoms with Crippen molar-refractivity contribution >= 4 is 23.6 Å². The second kappa shape index (κ2) is 8.34. The average Bonchev–Trinajstić information content (AvgIpc) is 3.29. The van der Waals surface area contributed by atoms with Crippen molar-refractivity contribution in [2.75, 3.05) is 12.3 Å². The Hall–Kier alpha value is -3.07. The van der Waals surface area contributed by atoms with Crippen LogP contribution in [0.15, 0.2) is 58.3 Å². The highest BCUT2D eigenvalue weighted by Gasteiger charge is 2.17. The van der Waals surface area contributed by atoms with E-state index in [1.54, 1.807) is 18.4 Å². The number of nitrogens with two attached hydrogens (primary N) is 1. The normalized spacial score (nSPS) is 10.6. The molecule has 0 unspecified atom stereocenters. The third kappa shape index (κ3) is 4.51. The van der Waals surface area contributed by atoms with E-state index in [-0.39, 0.29) is 18.2 Å². The lowest BCUT2D eigenvalue weighted by atomic mass is 10.2. The van der Waals surface area contributed by atoms with Gasteiger partial charge in [0.15, 0.2) is 10.9 Å². The summed E-state index contributed by atoms with van der Waals surface area (Å²) < 4.78 is 7.33. The van der Waals surface area contributed by atoms with E-state index in [9.17, 15) is 9.59 Å². The van der Waals surface area contributed by atoms with Gasteiger partial charge in [-0.3, -0.25) is 14.2 Å². The Bertz CT molecular complexity index is 877. The fourth-order valence-electron chi connectivity index (χ4n) is 2.26. The number of hydrogen-bond donors (Lipinski definition) is 2. The van der Waals surface area contributed by atoms with Gasteiger partial charge in [-0.1, -0.05) is 42.1 Å². The van der Waals surface area contributed by atoms with Gasteiger partial charge in [0, 0.05) is 0 Å². The van der Waals surface area contributed by atoms with Gasteiger partial charge in [0.25, 0.3) is 0 Å². The highest BCUT2D eigenvalue weighted by atomic mass is 32.2. The van der Waals surface area contributed by atoms with Gasteiger partial charge in [-0.2, -0.15) is 0 Å². The second-order valence-electron chi connectivity index (χ2n) is 5.39. The van der Waals surface area contributed by atoms with Crippen LogP contribution in [0, 0.1) is 0 Å². The zero-order valence-electron chi connectivity index (χ0n) is 13.8. The number of thioether (sulfide) groups is 1. The van der Waals surface area contributed by atoms with Crippen molar-refractivity contribution < 1.29 is 14.0 Å². The Kier molecular flexibility index (Phi) is 5.69. The van der Waals surface area contributed by atoms with Gasteiger partial charge in [-0.05, 0) is 17.7 Å². The van der Waals surface area contributed by atoms with Crippen LogP contribution in [-0.2, 0) is 16.1 Å². The molecule has 134 valence electrons. The van der Waals surface area contributed by atoms with Crippen LogP contribution in [0.3, 0.4) is 0 Å². The van der Waals surface area contributed by atoms with Crippen LogP contribution in [0.25, 0.3) is 11.6 Å². The summed E-state index contributed by atoms with van der Waals surface area (Å²) in [6.45, 7) is 0.350. The number of carbonyl (C=O) groups is 2. The number of nitrogens with one attached hydrogen (secondary N) is 1. The van der Waals surface area contributed by atoms with Crippen LogP contribution in [0.2, 0.25) is 0 Å². The quantitative estimate of drug-likeness (QED) is 0.576. The van der Waals surface area contributed by atoms with Gasteiger partial charge < -0.3 is 15.5 Å². The highest BCUT2D eigenvalue weighted by Crippen LogP contribution is 2.25. The van der Waals surface area contributed by atoms with Gasteiger partial charge in [0.05, 0.1) is 25.1 Å². The molecule has 0 aliphatic carbocycles. The lowest BCUT2D eigenvalue weighted by Gasteiger charge is -2.09. The largest absolute Gasteiger partial charge is 0.461 e. The molecular formula is C17H17N5O3S. The predicted octanol–water partition coefficient (Wildman–Crippen LogP) is 1.28. The molecule has 26 heavy (non-hydrogen) atoms. The minimum absolute atomic E-state index is 0.0956. The molecule has 0 saturated heterocycles. The molecule has 0 radical (unpaired) electrons. The molecule has 8 nitrogen and oxygen atoms in total. The molecule has 1 aromatic carbocycles. The van der Waals surface area contributed by atoms with E-state index in [1.807, 2.05) is 34.9 Å². The maximum absolute atomic E-state index is 11.8. The van der Waals surface area contributed by atoms with Crippen molar-refractivity contribution in [1.82, 2.24) is 20.1 Å². The van der Waals surface area contributed by atoms with Crippen LogP contribution in [0.5, 0.6) is 0 Å². The van der Waals surface area contributed by atoms with E-state index in [4.69, 9.17) is 10.2 Å². The molecule has 0 fully saturated rings. The maximum Gasteiger partial charge on any atom is 0.236 e. The molecule has 0 saturated carbocycles. The Labute approximate surface area is 153 Å². The van der Waals surface area contributed by atoms with Crippen LogP contribution >= 0.6 is 11.8 Å². The molecule has 0 aliphatic rings. The number of benzene rings is 1. The number of amides is 2. The number of hydrogen-bond acceptors (Lipinski definition) is 6. The van der Waals surface area contributed by atoms with E-state index in [0.717, 1.165) is 5.56 Å². The Morgan fingerprint density at radius 3 is 2.65 bits per heavy atom. The van der Waals surface area contributed by atoms with E-state index in [1.165, 1.54) is 11.8 Å². The fourth-order valence-corrected chi connectivity index (χ4v) is 3.03. The SMILES string of the molecule is NC(=O)CNC(=O)CSc1nnc(-c2ccco2)n1Cc1ccccc1. The number of nitrogens with zero attached hydrogens (tertiary/aromatic N) is 3. The minimum atomic E-state index is -0.587. The first-order valence-electron chi connectivity index (χ1n) is 7.82. The maximum atomic E-state index is 11.8. The molecule has 0 atom stereocenters. The van der Waals surface area contributed by atoms with Gasteiger partial charge >= 0.3 is 0 Å². The molecule has 3 rings (SSSR count). The van der Waals surface area contributed by atoms with Crippen molar-refractivity contribution in [2.24, 2.45) is 5.73 Å². The predicted molar refractivity (Wildman–Crippen MR) is 96.2 cm³/mol. The molecule has 3 aromatic rings. The molecule has 0 spiro atoms. The monoisotopic (exact) mass is 371 g/mol. The van der Waals surface area contributed by atoms with E-state index < -0.39 is 5.91 Å². The number of rotatable bonds is 8. The molecule has 0 bridgehead atoms. The third-order valence-corrected chi connectivity index (χ3v) is 4.40. The molecule has 2 aromatic heterocycles. The Balaban J connectivity index is 1.78. The zero-order valence-corrected chi connectivity index (χ0v) is 14.6. The summed E-state index contributed by atoms with van der Waals surface area (Å²) >= 11 is 1.23. The van der Waals surface area contributed by atoms with Crippen molar-refractivity contribution in [3.05, 3.63) is 54.3 Å². The molecule has 2 amide bonds. The molecule has 0 aliphatic heterocycles. The van der Waals surface area contributed by atoms with Gasteiger partial charge in [0.2, 0.25) is 17.6 Å². The van der Waals surface area contributed by atoms with Crippen molar-refractivity contribution in [1.29, 1.82) is 0 Å². The molecule has 9 heteroatoms. The number of furan rings is 1. The topological polar surface area (TPSA) is 116 Å². The standard InChI is InChI=1S/C17H17N5O3S/c18-14(23)9-19-15(24)11-26-17-21-20-16(13-7-4-8-25-13)22(17)10-12-5-2-1-3-6-12/h1-8H,9-11H2,(H2,18,23)(H,19,24). The first-order chi connectivity index (χ1) is 12.6. The summed E-state index contributed by atoms with van der Waals surface area (Å²) in [6.07, 6.45) is 1.57. The molecule has 3 N–H and O–H groups in total. The molecule has 2 heterocycles. The van der Waals surface area contributed by atoms with E-state index >= 15 is 0 Å². The summed E-state index contributed by atoms with van der Waals surface area (Å²) in [5.74, 6) is 0.383. The first-order valence-corrected chi connectivity index (χ1v) is 8.81. The van der Waals surface area contributed by atoms with Crippen molar-refractivity contribution in [2.45, 2.75) is 11.7 Å². The molecular weight excluding hydrogens is 354 g/mol. The number of carbonyl (C=O) groups excluding carboxylic acids is 2. The van der Waals surface area contributed by atoms with E-state index in [0.29, 0.717) is 23.3 Å². The smallest absolute Gasteiger partial charge is 0.236 e. The van der Waals surface area contributed by atoms with Gasteiger partial charge in [0.1, 0.15) is 0 Å². The lowest BCUT2D eigenvalue weighted by Crippen LogP contribution is -2.34. The number of aromatic nitrogens is 3. The summed E-state index contributed by atoms with van der Waals surface area (Å²) in [7, 11) is 0. The number of primary amides is 1. The summed E-state index contributed by atoms with van der Waals surface area (Å²) in [5, 5.41) is 11.4. The van der Waals surface area contributed by atoms with Crippen LogP contribution in [0.4, 0.5) is 0 Å². The van der Waals surface area contributed by atoms with Gasteiger partial charge in [-0.15, -0.1) is 10.2 Å². The first kappa shape index (κ1) is 17.7. The van der Waals surface area contributed by atoms with Crippen molar-refractivity contribution in [3.63, 3.8) is 0 Å². The zero-order chi connectivity index (χ0) is 18.4. The minimum Gasteiger partial charge on any atom is -0.461 e. The van der Waals surface area contributed by atoms with Crippen LogP contribution < -0.4 is 11.1 Å². The summed E-state index contributed by atoms with van der Waals surface area (Å²) in [6, 6.07) is 13.4. The highest BCUT2D eigenvalue weighted by molar-refractivity contribution is 7.99. The van der Waals surface area contributed by atoms with E-state index in [2.05, 4.69) is 15.5 Å². The average molecular weight is 371 g/mol. The van der Waals surface area contributed by atoms with Crippen LogP contribution in [0.1, 0.15) is 5.56 Å². The summed E-state index contributed by atoms with van der Waals surface area (Å²) in [4.78, 5) is 22.5. The third-order valence-electron chi connectivity index (χ3n) is 3.43. The lowest BCUT2D eigenvalue weighted by molar-refractivity contribution is -0.123. The Morgan fingerprint density at radius 1 is 1.15 bits per heavy atom. The summed E-state index contributed by atoms with van der Waals surface area (Å²) in [5.41, 5.74) is 6.09. The fraction of sp³-hybridized carbons (Fsp3) is 0.176. The Morgan fingerprint density at radius 2 is 1.96 bits per heavy atom. The second-order valence-corrected chi connectivity index (χ2v) is 6.33. The van der Waals surface area contributed by atoms with Gasteiger partial charge in [-0.25, -0.2) is 0 Å². The van der Waals surface area contributed by atoms with Crippen molar-refractivity contribution in [3.8, 4) is 11.6 Å². The van der Waals surface area contributed by atoms with Crippen LogP contribution in [-0.4, -0.2) is 38.9 Å².